The minimum absolute atomic E-state index is 0.175. The normalized spacial score (nSPS) is 37.5. The maximum absolute atomic E-state index is 12.1. The van der Waals surface area contributed by atoms with Crippen molar-refractivity contribution < 1.29 is 26.3 Å². The van der Waals surface area contributed by atoms with Crippen LogP contribution in [0.4, 0.5) is 13.2 Å². The first kappa shape index (κ1) is 16.0. The van der Waals surface area contributed by atoms with E-state index in [0.29, 0.717) is 30.6 Å². The summed E-state index contributed by atoms with van der Waals surface area (Å²) in [7, 11) is -5.20. The Morgan fingerprint density at radius 1 is 1.25 bits per heavy atom. The van der Waals surface area contributed by atoms with E-state index in [-0.39, 0.29) is 18.8 Å². The van der Waals surface area contributed by atoms with Crippen molar-refractivity contribution in [1.29, 1.82) is 0 Å². The Labute approximate surface area is 117 Å². The lowest BCUT2D eigenvalue weighted by Gasteiger charge is -2.28. The molecular formula is C12H20F3NO3S. The van der Waals surface area contributed by atoms with E-state index >= 15 is 0 Å². The number of fused-ring (bicyclic) bond motifs is 2. The van der Waals surface area contributed by atoms with Crippen molar-refractivity contribution in [2.45, 2.75) is 50.8 Å². The molecular weight excluding hydrogens is 295 g/mol. The fraction of sp³-hybridized carbons (Fsp3) is 1.00. The van der Waals surface area contributed by atoms with Crippen LogP contribution in [0, 0.1) is 17.8 Å². The standard InChI is InChI=1S/C12H20F3NO3S/c1-7-8(2)11-9(6-10(7)19-11)4-3-5-16-20(17,18)12(13,14)15/h7-11,16H,3-6H2,1-2H3. The molecule has 0 aromatic rings. The summed E-state index contributed by atoms with van der Waals surface area (Å²) < 4.78 is 65.4. The first-order chi connectivity index (χ1) is 9.13. The zero-order valence-electron chi connectivity index (χ0n) is 11.5. The second kappa shape index (κ2) is 5.46. The highest BCUT2D eigenvalue weighted by molar-refractivity contribution is 7.90. The molecule has 0 spiro atoms. The number of nitrogens with one attached hydrogen (secondary N) is 1. The summed E-state index contributed by atoms with van der Waals surface area (Å²) in [6.07, 6.45) is 2.45. The van der Waals surface area contributed by atoms with Gasteiger partial charge in [-0.05, 0) is 37.0 Å². The SMILES string of the molecule is CC1C2CC(CCCNS(=O)(=O)C(F)(F)F)C(O2)C1C. The van der Waals surface area contributed by atoms with Gasteiger partial charge in [0.25, 0.3) is 0 Å². The number of sulfonamides is 1. The first-order valence-electron chi connectivity index (χ1n) is 6.85. The molecule has 20 heavy (non-hydrogen) atoms. The minimum atomic E-state index is -5.23. The number of hydrogen-bond acceptors (Lipinski definition) is 3. The van der Waals surface area contributed by atoms with Gasteiger partial charge in [-0.25, -0.2) is 13.1 Å². The molecule has 0 aliphatic carbocycles. The molecule has 0 amide bonds. The van der Waals surface area contributed by atoms with Crippen LogP contribution in [0.3, 0.4) is 0 Å². The van der Waals surface area contributed by atoms with Crippen LogP contribution in [-0.2, 0) is 14.8 Å². The molecule has 4 nitrogen and oxygen atoms in total. The van der Waals surface area contributed by atoms with Crippen molar-refractivity contribution in [1.82, 2.24) is 4.72 Å². The number of halogens is 3. The Balaban J connectivity index is 1.74. The highest BCUT2D eigenvalue weighted by Crippen LogP contribution is 2.47. The second-order valence-electron chi connectivity index (χ2n) is 5.84. The maximum atomic E-state index is 12.1. The lowest BCUT2D eigenvalue weighted by Crippen LogP contribution is -2.37. The quantitative estimate of drug-likeness (QED) is 0.792. The molecule has 0 aromatic heterocycles. The Kier molecular flexibility index (Phi) is 4.37. The summed E-state index contributed by atoms with van der Waals surface area (Å²) in [5, 5.41) is 0. The average Bonchev–Trinajstić information content (AvgIpc) is 2.85. The van der Waals surface area contributed by atoms with E-state index in [0.717, 1.165) is 6.42 Å². The zero-order valence-corrected chi connectivity index (χ0v) is 12.3. The molecule has 1 N–H and O–H groups in total. The van der Waals surface area contributed by atoms with Crippen LogP contribution < -0.4 is 4.72 Å². The molecule has 5 atom stereocenters. The summed E-state index contributed by atoms with van der Waals surface area (Å²) in [5.41, 5.74) is -5.23. The molecule has 8 heteroatoms. The van der Waals surface area contributed by atoms with Crippen molar-refractivity contribution >= 4 is 10.0 Å². The van der Waals surface area contributed by atoms with Gasteiger partial charge in [0.05, 0.1) is 12.2 Å². The molecule has 0 aromatic carbocycles. The van der Waals surface area contributed by atoms with Crippen LogP contribution in [-0.4, -0.2) is 32.7 Å². The van der Waals surface area contributed by atoms with Gasteiger partial charge in [0.15, 0.2) is 0 Å². The average molecular weight is 315 g/mol. The lowest BCUT2D eigenvalue weighted by molar-refractivity contribution is -0.0447. The largest absolute Gasteiger partial charge is 0.511 e. The molecule has 0 radical (unpaired) electrons. The summed E-state index contributed by atoms with van der Waals surface area (Å²) in [4.78, 5) is 0. The minimum Gasteiger partial charge on any atom is -0.374 e. The fourth-order valence-electron chi connectivity index (χ4n) is 3.27. The van der Waals surface area contributed by atoms with Gasteiger partial charge < -0.3 is 4.74 Å². The Hall–Kier alpha value is -0.340. The molecule has 2 bridgehead atoms. The summed E-state index contributed by atoms with van der Waals surface area (Å²) in [6.45, 7) is 4.11. The summed E-state index contributed by atoms with van der Waals surface area (Å²) in [6, 6.07) is 0. The van der Waals surface area contributed by atoms with E-state index in [1.165, 1.54) is 0 Å². The molecule has 2 fully saturated rings. The van der Waals surface area contributed by atoms with Gasteiger partial charge in [-0.1, -0.05) is 13.8 Å². The van der Waals surface area contributed by atoms with Crippen LogP contribution in [0.15, 0.2) is 0 Å². The van der Waals surface area contributed by atoms with Crippen LogP contribution >= 0.6 is 0 Å². The fourth-order valence-corrected chi connectivity index (χ4v) is 3.84. The van der Waals surface area contributed by atoms with Gasteiger partial charge >= 0.3 is 15.5 Å². The predicted octanol–water partition coefficient (Wildman–Crippen LogP) is 2.27. The molecule has 5 unspecified atom stereocenters. The smallest absolute Gasteiger partial charge is 0.374 e. The van der Waals surface area contributed by atoms with Gasteiger partial charge in [0, 0.05) is 6.54 Å². The van der Waals surface area contributed by atoms with Gasteiger partial charge in [-0.3, -0.25) is 0 Å². The Morgan fingerprint density at radius 2 is 1.90 bits per heavy atom. The van der Waals surface area contributed by atoms with Crippen LogP contribution in [0.25, 0.3) is 0 Å². The van der Waals surface area contributed by atoms with Gasteiger partial charge in [-0.15, -0.1) is 0 Å². The van der Waals surface area contributed by atoms with Gasteiger partial charge in [0.2, 0.25) is 0 Å². The highest BCUT2D eigenvalue weighted by atomic mass is 32.2. The maximum Gasteiger partial charge on any atom is 0.511 e. The molecule has 118 valence electrons. The van der Waals surface area contributed by atoms with Crippen LogP contribution in [0.5, 0.6) is 0 Å². The third-order valence-electron chi connectivity index (χ3n) is 4.61. The van der Waals surface area contributed by atoms with E-state index in [4.69, 9.17) is 4.74 Å². The number of ether oxygens (including phenoxy) is 1. The van der Waals surface area contributed by atoms with E-state index in [2.05, 4.69) is 13.8 Å². The number of hydrogen-bond donors (Lipinski definition) is 1. The summed E-state index contributed by atoms with van der Waals surface area (Å²) >= 11 is 0. The Bertz CT molecular complexity index is 449. The van der Waals surface area contributed by atoms with E-state index in [9.17, 15) is 21.6 Å². The van der Waals surface area contributed by atoms with Gasteiger partial charge in [-0.2, -0.15) is 13.2 Å². The van der Waals surface area contributed by atoms with Crippen molar-refractivity contribution in [2.24, 2.45) is 17.8 Å². The molecule has 2 aliphatic rings. The van der Waals surface area contributed by atoms with E-state index < -0.39 is 15.5 Å². The van der Waals surface area contributed by atoms with E-state index in [1.54, 1.807) is 4.72 Å². The number of rotatable bonds is 5. The van der Waals surface area contributed by atoms with Gasteiger partial charge in [0.1, 0.15) is 0 Å². The summed E-state index contributed by atoms with van der Waals surface area (Å²) in [5.74, 6) is 1.33. The zero-order chi connectivity index (χ0) is 15.1. The third kappa shape index (κ3) is 2.96. The Morgan fingerprint density at radius 3 is 2.40 bits per heavy atom. The van der Waals surface area contributed by atoms with Crippen molar-refractivity contribution in [3.8, 4) is 0 Å². The molecule has 2 aliphatic heterocycles. The van der Waals surface area contributed by atoms with E-state index in [1.807, 2.05) is 0 Å². The lowest BCUT2D eigenvalue weighted by atomic mass is 9.74. The van der Waals surface area contributed by atoms with Crippen LogP contribution in [0.2, 0.25) is 0 Å². The second-order valence-corrected chi connectivity index (χ2v) is 7.60. The number of alkyl halides is 3. The monoisotopic (exact) mass is 315 g/mol. The van der Waals surface area contributed by atoms with Crippen molar-refractivity contribution in [3.63, 3.8) is 0 Å². The van der Waals surface area contributed by atoms with Crippen molar-refractivity contribution in [2.75, 3.05) is 6.54 Å². The highest BCUT2D eigenvalue weighted by Gasteiger charge is 2.49. The first-order valence-corrected chi connectivity index (χ1v) is 8.33. The molecule has 2 rings (SSSR count). The van der Waals surface area contributed by atoms with Crippen LogP contribution in [0.1, 0.15) is 33.1 Å². The third-order valence-corrected chi connectivity index (χ3v) is 5.81. The molecule has 2 saturated heterocycles. The van der Waals surface area contributed by atoms with Crippen molar-refractivity contribution in [3.05, 3.63) is 0 Å². The molecule has 0 saturated carbocycles. The topological polar surface area (TPSA) is 55.4 Å². The predicted molar refractivity (Wildman–Crippen MR) is 67.3 cm³/mol. The molecule has 2 heterocycles.